The zero-order valence-electron chi connectivity index (χ0n) is 14.9. The maximum absolute atomic E-state index is 12.3. The van der Waals surface area contributed by atoms with Crippen molar-refractivity contribution in [1.29, 1.82) is 0 Å². The van der Waals surface area contributed by atoms with Crippen LogP contribution < -0.4 is 10.5 Å². The molecule has 0 amide bonds. The van der Waals surface area contributed by atoms with Crippen LogP contribution in [-0.2, 0) is 22.0 Å². The lowest BCUT2D eigenvalue weighted by Gasteiger charge is -2.34. The van der Waals surface area contributed by atoms with Crippen LogP contribution in [0.15, 0.2) is 33.7 Å². The molecule has 2 aromatic rings. The molecule has 0 radical (unpaired) electrons. The highest BCUT2D eigenvalue weighted by atomic mass is 35.5. The van der Waals surface area contributed by atoms with E-state index in [-0.39, 0.29) is 23.8 Å². The fourth-order valence-electron chi connectivity index (χ4n) is 2.75. The Bertz CT molecular complexity index is 830. The Morgan fingerprint density at radius 2 is 1.92 bits per heavy atom. The molecular weight excluding hydrogens is 376 g/mol. The van der Waals surface area contributed by atoms with Crippen molar-refractivity contribution < 1.29 is 12.9 Å². The Kier molecular flexibility index (Phi) is 6.44. The summed E-state index contributed by atoms with van der Waals surface area (Å²) in [7, 11) is -3.55. The summed E-state index contributed by atoms with van der Waals surface area (Å²) in [5.74, 6) is 1.27. The van der Waals surface area contributed by atoms with Gasteiger partial charge in [-0.1, -0.05) is 31.1 Å². The topological polar surface area (TPSA) is 111 Å². The molecular formula is C17H25ClN4O3S. The van der Waals surface area contributed by atoms with Gasteiger partial charge in [-0.2, -0.15) is 4.98 Å². The molecule has 1 saturated carbocycles. The average molecular weight is 401 g/mol. The van der Waals surface area contributed by atoms with Crippen LogP contribution in [0.2, 0.25) is 0 Å². The van der Waals surface area contributed by atoms with E-state index in [1.54, 1.807) is 12.1 Å². The number of hydrogen-bond donors (Lipinski definition) is 2. The van der Waals surface area contributed by atoms with Crippen LogP contribution in [0, 0.1) is 0 Å². The van der Waals surface area contributed by atoms with E-state index < -0.39 is 15.6 Å². The van der Waals surface area contributed by atoms with Crippen molar-refractivity contribution in [3.8, 4) is 0 Å². The van der Waals surface area contributed by atoms with Crippen molar-refractivity contribution >= 4 is 22.4 Å². The summed E-state index contributed by atoms with van der Waals surface area (Å²) in [4.78, 5) is 4.54. The number of nitrogens with zero attached hydrogens (tertiary/aromatic N) is 2. The third kappa shape index (κ3) is 4.43. The van der Waals surface area contributed by atoms with Crippen LogP contribution in [0.1, 0.15) is 56.3 Å². The van der Waals surface area contributed by atoms with Gasteiger partial charge in [-0.3, -0.25) is 0 Å². The summed E-state index contributed by atoms with van der Waals surface area (Å²) in [5.41, 5.74) is 6.78. The minimum Gasteiger partial charge on any atom is -0.339 e. The molecule has 1 aliphatic rings. The van der Waals surface area contributed by atoms with Gasteiger partial charge in [-0.25, -0.2) is 13.1 Å². The lowest BCUT2D eigenvalue weighted by molar-refractivity contribution is 0.229. The van der Waals surface area contributed by atoms with Crippen LogP contribution >= 0.6 is 12.4 Å². The zero-order valence-corrected chi connectivity index (χ0v) is 16.6. The van der Waals surface area contributed by atoms with Gasteiger partial charge in [-0.15, -0.1) is 12.4 Å². The molecule has 9 heteroatoms. The molecule has 1 aromatic heterocycles. The monoisotopic (exact) mass is 400 g/mol. The number of aromatic nitrogens is 2. The second-order valence-electron chi connectivity index (χ2n) is 6.89. The molecule has 3 N–H and O–H groups in total. The van der Waals surface area contributed by atoms with Crippen molar-refractivity contribution in [2.75, 3.05) is 6.54 Å². The van der Waals surface area contributed by atoms with Crippen LogP contribution in [-0.4, -0.2) is 25.1 Å². The third-order valence-electron chi connectivity index (χ3n) is 4.65. The first kappa shape index (κ1) is 20.8. The van der Waals surface area contributed by atoms with Gasteiger partial charge in [0.1, 0.15) is 0 Å². The van der Waals surface area contributed by atoms with Crippen molar-refractivity contribution in [3.05, 3.63) is 41.5 Å². The molecule has 0 aliphatic heterocycles. The molecule has 0 atom stereocenters. The molecule has 1 heterocycles. The van der Waals surface area contributed by atoms with Gasteiger partial charge >= 0.3 is 0 Å². The largest absolute Gasteiger partial charge is 0.339 e. The fraction of sp³-hybridized carbons (Fsp3) is 0.529. The van der Waals surface area contributed by atoms with Crippen LogP contribution in [0.3, 0.4) is 0 Å². The maximum Gasteiger partial charge on any atom is 0.240 e. The summed E-state index contributed by atoms with van der Waals surface area (Å²) in [6.45, 7) is 4.32. The van der Waals surface area contributed by atoms with Crippen molar-refractivity contribution in [2.24, 2.45) is 5.73 Å². The first-order chi connectivity index (χ1) is 11.8. The summed E-state index contributed by atoms with van der Waals surface area (Å²) in [6, 6.07) is 6.92. The maximum atomic E-state index is 12.3. The zero-order chi connectivity index (χ0) is 18.1. The molecule has 144 valence electrons. The van der Waals surface area contributed by atoms with Gasteiger partial charge in [0.2, 0.25) is 15.9 Å². The molecule has 0 spiro atoms. The van der Waals surface area contributed by atoms with Crippen LogP contribution in [0.5, 0.6) is 0 Å². The predicted molar refractivity (Wildman–Crippen MR) is 101 cm³/mol. The third-order valence-corrected chi connectivity index (χ3v) is 6.12. The normalized spacial score (nSPS) is 16.2. The minimum absolute atomic E-state index is 0. The number of hydrogen-bond acceptors (Lipinski definition) is 6. The van der Waals surface area contributed by atoms with Crippen molar-refractivity contribution in [1.82, 2.24) is 14.9 Å². The average Bonchev–Trinajstić information content (AvgIpc) is 3.01. The molecule has 1 aliphatic carbocycles. The standard InChI is InChI=1S/C17H24N4O3S.ClH/c1-12(2)13-4-6-14(7-5-13)25(22,23)19-11-8-15-20-16(21-24-15)17(18)9-3-10-17;/h4-7,12,19H,3,8-11,18H2,1-2H3;1H. The van der Waals surface area contributed by atoms with Gasteiger partial charge in [0, 0.05) is 13.0 Å². The highest BCUT2D eigenvalue weighted by Gasteiger charge is 2.38. The molecule has 26 heavy (non-hydrogen) atoms. The smallest absolute Gasteiger partial charge is 0.240 e. The molecule has 1 aromatic carbocycles. The number of rotatable bonds is 7. The number of halogens is 1. The number of nitrogens with one attached hydrogen (secondary N) is 1. The first-order valence-electron chi connectivity index (χ1n) is 8.52. The SMILES string of the molecule is CC(C)c1ccc(S(=O)(=O)NCCc2nc(C3(N)CCC3)no2)cc1.Cl. The molecule has 0 bridgehead atoms. The van der Waals surface area contributed by atoms with Gasteiger partial charge in [-0.05, 0) is 42.9 Å². The van der Waals surface area contributed by atoms with Crippen LogP contribution in [0.25, 0.3) is 0 Å². The van der Waals surface area contributed by atoms with Crippen LogP contribution in [0.4, 0.5) is 0 Å². The predicted octanol–water partition coefficient (Wildman–Crippen LogP) is 2.47. The van der Waals surface area contributed by atoms with E-state index in [1.165, 1.54) is 0 Å². The Hall–Kier alpha value is -1.48. The molecule has 1 fully saturated rings. The molecule has 3 rings (SSSR count). The van der Waals surface area contributed by atoms with E-state index in [0.717, 1.165) is 24.8 Å². The van der Waals surface area contributed by atoms with E-state index in [4.69, 9.17) is 10.3 Å². The van der Waals surface area contributed by atoms with E-state index in [9.17, 15) is 8.42 Å². The lowest BCUT2D eigenvalue weighted by Crippen LogP contribution is -2.44. The Morgan fingerprint density at radius 1 is 1.27 bits per heavy atom. The molecule has 0 unspecified atom stereocenters. The highest BCUT2D eigenvalue weighted by Crippen LogP contribution is 2.36. The second-order valence-corrected chi connectivity index (χ2v) is 8.66. The van der Waals surface area contributed by atoms with E-state index in [2.05, 4.69) is 28.7 Å². The van der Waals surface area contributed by atoms with Gasteiger partial charge in [0.15, 0.2) is 5.82 Å². The molecule has 0 saturated heterocycles. The quantitative estimate of drug-likeness (QED) is 0.738. The Morgan fingerprint density at radius 3 is 2.46 bits per heavy atom. The van der Waals surface area contributed by atoms with Crippen molar-refractivity contribution in [2.45, 2.75) is 55.9 Å². The van der Waals surface area contributed by atoms with Crippen molar-refractivity contribution in [3.63, 3.8) is 0 Å². The number of sulfonamides is 1. The highest BCUT2D eigenvalue weighted by molar-refractivity contribution is 7.89. The van der Waals surface area contributed by atoms with Gasteiger partial charge in [0.25, 0.3) is 0 Å². The van der Waals surface area contributed by atoms with E-state index in [0.29, 0.717) is 24.1 Å². The Balaban J connectivity index is 0.00000243. The Labute approximate surface area is 160 Å². The summed E-state index contributed by atoms with van der Waals surface area (Å²) < 4.78 is 32.4. The van der Waals surface area contributed by atoms with Gasteiger partial charge in [0.05, 0.1) is 10.4 Å². The van der Waals surface area contributed by atoms with Gasteiger partial charge < -0.3 is 10.3 Å². The summed E-state index contributed by atoms with van der Waals surface area (Å²) in [5, 5.41) is 3.92. The fourth-order valence-corrected chi connectivity index (χ4v) is 3.78. The van der Waals surface area contributed by atoms with E-state index in [1.807, 2.05) is 12.1 Å². The summed E-state index contributed by atoms with van der Waals surface area (Å²) >= 11 is 0. The minimum atomic E-state index is -3.55. The summed E-state index contributed by atoms with van der Waals surface area (Å²) in [6.07, 6.45) is 3.10. The number of benzene rings is 1. The van der Waals surface area contributed by atoms with E-state index >= 15 is 0 Å². The lowest BCUT2D eigenvalue weighted by atomic mass is 9.77. The second kappa shape index (κ2) is 8.04. The number of nitrogens with two attached hydrogens (primary N) is 1. The molecule has 7 nitrogen and oxygen atoms in total. The first-order valence-corrected chi connectivity index (χ1v) is 10.00.